The van der Waals surface area contributed by atoms with Crippen LogP contribution in [0, 0.1) is 0 Å². The molecule has 88 valence electrons. The number of hydrogen-bond donors (Lipinski definition) is 2. The van der Waals surface area contributed by atoms with Crippen LogP contribution in [-0.4, -0.2) is 16.7 Å². The molecule has 15 heavy (non-hydrogen) atoms. The van der Waals surface area contributed by atoms with Crippen LogP contribution in [0.5, 0.6) is 0 Å². The number of nitrogens with one attached hydrogen (secondary N) is 1. The number of unbranched alkanes of at least 4 members (excludes halogenated alkanes) is 2. The van der Waals surface area contributed by atoms with Crippen molar-refractivity contribution in [2.24, 2.45) is 10.8 Å². The summed E-state index contributed by atoms with van der Waals surface area (Å²) in [5.41, 5.74) is 9.06. The highest BCUT2D eigenvalue weighted by Gasteiger charge is 2.00. The molecule has 0 aromatic rings. The molecule has 3 nitrogen and oxygen atoms in total. The second-order valence-electron chi connectivity index (χ2n) is 3.40. The van der Waals surface area contributed by atoms with E-state index in [4.69, 9.17) is 29.6 Å². The minimum absolute atomic E-state index is 0.217. The van der Waals surface area contributed by atoms with Gasteiger partial charge >= 0.3 is 0 Å². The Morgan fingerprint density at radius 1 is 1.33 bits per heavy atom. The standard InChI is InChI=1S/C10H20ClN3S/c1-2-3-4-6-9(7-5-8-11)13-14-10(12)15/h2-8H2,1H3,(H3,12,14,15)/b13-9-. The molecule has 0 saturated heterocycles. The second-order valence-corrected chi connectivity index (χ2v) is 4.22. The maximum atomic E-state index is 5.64. The lowest BCUT2D eigenvalue weighted by Gasteiger charge is -2.05. The summed E-state index contributed by atoms with van der Waals surface area (Å²) in [5.74, 6) is 0.667. The lowest BCUT2D eigenvalue weighted by molar-refractivity contribution is 0.730. The number of hydrazone groups is 1. The number of rotatable bonds is 8. The number of halogens is 1. The molecule has 0 aliphatic carbocycles. The summed E-state index contributed by atoms with van der Waals surface area (Å²) in [6.45, 7) is 2.18. The van der Waals surface area contributed by atoms with Crippen molar-refractivity contribution >= 4 is 34.6 Å². The van der Waals surface area contributed by atoms with Crippen molar-refractivity contribution in [1.82, 2.24) is 5.43 Å². The highest BCUT2D eigenvalue weighted by Crippen LogP contribution is 2.05. The van der Waals surface area contributed by atoms with Gasteiger partial charge in [-0.3, -0.25) is 5.43 Å². The first-order valence-corrected chi connectivity index (χ1v) is 6.31. The summed E-state index contributed by atoms with van der Waals surface area (Å²) in [6, 6.07) is 0. The van der Waals surface area contributed by atoms with E-state index < -0.39 is 0 Å². The number of thiocarbonyl (C=S) groups is 1. The molecule has 0 heterocycles. The smallest absolute Gasteiger partial charge is 0.184 e. The average molecular weight is 250 g/mol. The summed E-state index contributed by atoms with van der Waals surface area (Å²) < 4.78 is 0. The van der Waals surface area contributed by atoms with Crippen LogP contribution in [0.15, 0.2) is 5.10 Å². The average Bonchev–Trinajstić information content (AvgIpc) is 2.21. The lowest BCUT2D eigenvalue weighted by Crippen LogP contribution is -2.25. The summed E-state index contributed by atoms with van der Waals surface area (Å²) in [4.78, 5) is 0. The zero-order valence-electron chi connectivity index (χ0n) is 9.26. The van der Waals surface area contributed by atoms with Crippen molar-refractivity contribution in [3.8, 4) is 0 Å². The summed E-state index contributed by atoms with van der Waals surface area (Å²) in [6.07, 6.45) is 6.48. The first-order valence-electron chi connectivity index (χ1n) is 5.37. The minimum Gasteiger partial charge on any atom is -0.375 e. The Balaban J connectivity index is 3.93. The van der Waals surface area contributed by atoms with Crippen LogP contribution in [-0.2, 0) is 0 Å². The van der Waals surface area contributed by atoms with Gasteiger partial charge in [-0.15, -0.1) is 11.6 Å². The molecule has 0 spiro atoms. The maximum Gasteiger partial charge on any atom is 0.184 e. The highest BCUT2D eigenvalue weighted by molar-refractivity contribution is 7.80. The van der Waals surface area contributed by atoms with E-state index >= 15 is 0 Å². The fourth-order valence-electron chi connectivity index (χ4n) is 1.22. The van der Waals surface area contributed by atoms with Gasteiger partial charge < -0.3 is 5.73 Å². The van der Waals surface area contributed by atoms with Gasteiger partial charge in [-0.1, -0.05) is 19.8 Å². The zero-order valence-corrected chi connectivity index (χ0v) is 10.8. The molecule has 0 radical (unpaired) electrons. The van der Waals surface area contributed by atoms with Crippen LogP contribution < -0.4 is 11.2 Å². The van der Waals surface area contributed by atoms with E-state index in [1.165, 1.54) is 12.8 Å². The van der Waals surface area contributed by atoms with Gasteiger partial charge in [0.1, 0.15) is 0 Å². The Hall–Kier alpha value is -0.350. The largest absolute Gasteiger partial charge is 0.375 e. The molecule has 3 N–H and O–H groups in total. The van der Waals surface area contributed by atoms with Crippen LogP contribution in [0.2, 0.25) is 0 Å². The number of nitrogens with zero attached hydrogens (tertiary/aromatic N) is 1. The van der Waals surface area contributed by atoms with E-state index in [9.17, 15) is 0 Å². The van der Waals surface area contributed by atoms with Gasteiger partial charge in [-0.05, 0) is 37.9 Å². The third-order valence-electron chi connectivity index (χ3n) is 1.99. The molecule has 0 bridgehead atoms. The Labute approximate surface area is 102 Å². The second kappa shape index (κ2) is 10.2. The Morgan fingerprint density at radius 3 is 2.53 bits per heavy atom. The topological polar surface area (TPSA) is 50.4 Å². The molecule has 0 atom stereocenters. The van der Waals surface area contributed by atoms with Crippen molar-refractivity contribution < 1.29 is 0 Å². The predicted molar refractivity (Wildman–Crippen MR) is 71.5 cm³/mol. The van der Waals surface area contributed by atoms with Gasteiger partial charge in [0.2, 0.25) is 0 Å². The van der Waals surface area contributed by atoms with Crippen molar-refractivity contribution in [2.45, 2.75) is 45.4 Å². The Kier molecular flexibility index (Phi) is 9.94. The van der Waals surface area contributed by atoms with Gasteiger partial charge in [0.05, 0.1) is 0 Å². The van der Waals surface area contributed by atoms with Crippen LogP contribution in [0.25, 0.3) is 0 Å². The minimum atomic E-state index is 0.217. The molecular formula is C10H20ClN3S. The van der Waals surface area contributed by atoms with E-state index in [2.05, 4.69) is 17.5 Å². The molecule has 0 aliphatic rings. The summed E-state index contributed by atoms with van der Waals surface area (Å²) >= 11 is 10.3. The SMILES string of the molecule is CCCCC/C(CCCCl)=N/NC(N)=S. The van der Waals surface area contributed by atoms with Gasteiger partial charge in [0, 0.05) is 11.6 Å². The van der Waals surface area contributed by atoms with E-state index in [0.29, 0.717) is 5.88 Å². The van der Waals surface area contributed by atoms with Crippen molar-refractivity contribution in [3.63, 3.8) is 0 Å². The molecular weight excluding hydrogens is 230 g/mol. The van der Waals surface area contributed by atoms with Crippen molar-refractivity contribution in [1.29, 1.82) is 0 Å². The maximum absolute atomic E-state index is 5.64. The first-order chi connectivity index (χ1) is 7.20. The number of nitrogens with two attached hydrogens (primary N) is 1. The number of alkyl halides is 1. The molecule has 0 aromatic carbocycles. The van der Waals surface area contributed by atoms with Gasteiger partial charge in [0.25, 0.3) is 0 Å². The summed E-state index contributed by atoms with van der Waals surface area (Å²) in [7, 11) is 0. The number of hydrogen-bond acceptors (Lipinski definition) is 2. The highest BCUT2D eigenvalue weighted by atomic mass is 35.5. The third kappa shape index (κ3) is 9.94. The van der Waals surface area contributed by atoms with Crippen LogP contribution in [0.3, 0.4) is 0 Å². The third-order valence-corrected chi connectivity index (χ3v) is 2.35. The molecule has 0 rings (SSSR count). The zero-order chi connectivity index (χ0) is 11.5. The lowest BCUT2D eigenvalue weighted by atomic mass is 10.1. The quantitative estimate of drug-likeness (QED) is 0.229. The van der Waals surface area contributed by atoms with E-state index in [1.54, 1.807) is 0 Å². The molecule has 0 amide bonds. The summed E-state index contributed by atoms with van der Waals surface area (Å²) in [5, 5.41) is 4.39. The first kappa shape index (κ1) is 14.6. The van der Waals surface area contributed by atoms with Gasteiger partial charge in [-0.25, -0.2) is 0 Å². The fourth-order valence-corrected chi connectivity index (χ4v) is 1.40. The monoisotopic (exact) mass is 249 g/mol. The Morgan fingerprint density at radius 2 is 2.00 bits per heavy atom. The van der Waals surface area contributed by atoms with Crippen LogP contribution in [0.4, 0.5) is 0 Å². The van der Waals surface area contributed by atoms with E-state index in [0.717, 1.165) is 31.4 Å². The van der Waals surface area contributed by atoms with Crippen molar-refractivity contribution in [2.75, 3.05) is 5.88 Å². The molecule has 0 aliphatic heterocycles. The van der Waals surface area contributed by atoms with Crippen molar-refractivity contribution in [3.05, 3.63) is 0 Å². The van der Waals surface area contributed by atoms with Gasteiger partial charge in [-0.2, -0.15) is 5.10 Å². The van der Waals surface area contributed by atoms with Gasteiger partial charge in [0.15, 0.2) is 5.11 Å². The fraction of sp³-hybridized carbons (Fsp3) is 0.800. The van der Waals surface area contributed by atoms with E-state index in [1.807, 2.05) is 0 Å². The molecule has 0 aromatic heterocycles. The molecule has 5 heteroatoms. The van der Waals surface area contributed by atoms with Crippen LogP contribution >= 0.6 is 23.8 Å². The molecule has 0 fully saturated rings. The molecule has 0 saturated carbocycles. The predicted octanol–water partition coefficient (Wildman–Crippen LogP) is 2.77. The molecule has 0 unspecified atom stereocenters. The Bertz CT molecular complexity index is 207. The van der Waals surface area contributed by atoms with E-state index in [-0.39, 0.29) is 5.11 Å². The normalized spacial score (nSPS) is 11.5. The van der Waals surface area contributed by atoms with Crippen LogP contribution in [0.1, 0.15) is 45.4 Å².